The van der Waals surface area contributed by atoms with Gasteiger partial charge in [0.25, 0.3) is 0 Å². The van der Waals surface area contributed by atoms with Crippen LogP contribution >= 0.6 is 0 Å². The van der Waals surface area contributed by atoms with Gasteiger partial charge in [-0.05, 0) is 43.2 Å². The van der Waals surface area contributed by atoms with Gasteiger partial charge in [0.1, 0.15) is 6.10 Å². The average Bonchev–Trinajstić information content (AvgIpc) is 2.84. The molecular weight excluding hydrogens is 394 g/mol. The van der Waals surface area contributed by atoms with E-state index >= 15 is 0 Å². The summed E-state index contributed by atoms with van der Waals surface area (Å²) in [6.45, 7) is 3.58. The zero-order valence-corrected chi connectivity index (χ0v) is 17.9. The summed E-state index contributed by atoms with van der Waals surface area (Å²) in [4.78, 5) is 18.5. The van der Waals surface area contributed by atoms with Crippen LogP contribution in [0.15, 0.2) is 24.3 Å². The van der Waals surface area contributed by atoms with Gasteiger partial charge in [0, 0.05) is 19.6 Å². The van der Waals surface area contributed by atoms with E-state index in [1.54, 1.807) is 0 Å². The van der Waals surface area contributed by atoms with Gasteiger partial charge in [-0.1, -0.05) is 30.7 Å². The Morgan fingerprint density at radius 1 is 0.968 bits per heavy atom. The third-order valence-corrected chi connectivity index (χ3v) is 6.55. The van der Waals surface area contributed by atoms with Crippen LogP contribution in [0.1, 0.15) is 49.3 Å². The molecule has 1 unspecified atom stereocenters. The number of aromatic nitrogens is 3. The number of morpholine rings is 1. The Bertz CT molecular complexity index is 883. The molecule has 2 fully saturated rings. The Kier molecular flexibility index (Phi) is 6.18. The fraction of sp³-hybridized carbons (Fsp3) is 0.609. The second kappa shape index (κ2) is 9.36. The first-order chi connectivity index (χ1) is 15.3. The van der Waals surface area contributed by atoms with E-state index in [1.807, 2.05) is 6.07 Å². The van der Waals surface area contributed by atoms with E-state index < -0.39 is 0 Å². The maximum atomic E-state index is 10.2. The quantitative estimate of drug-likeness (QED) is 0.782. The first-order valence-electron chi connectivity index (χ1n) is 11.5. The molecule has 0 bridgehead atoms. The molecular formula is C23H31N5O3. The number of ether oxygens (including phenoxy) is 2. The lowest BCUT2D eigenvalue weighted by Crippen LogP contribution is -2.40. The number of nitrogens with zero attached hydrogens (tertiary/aromatic N) is 5. The van der Waals surface area contributed by atoms with Crippen molar-refractivity contribution in [1.82, 2.24) is 15.0 Å². The first-order valence-corrected chi connectivity index (χ1v) is 11.5. The largest absolute Gasteiger partial charge is 0.460 e. The Hall–Kier alpha value is -2.45. The second-order valence-corrected chi connectivity index (χ2v) is 8.54. The van der Waals surface area contributed by atoms with Gasteiger partial charge in [-0.2, -0.15) is 15.0 Å². The van der Waals surface area contributed by atoms with Gasteiger partial charge in [-0.15, -0.1) is 0 Å². The van der Waals surface area contributed by atoms with Crippen molar-refractivity contribution < 1.29 is 14.6 Å². The second-order valence-electron chi connectivity index (χ2n) is 8.54. The Morgan fingerprint density at radius 2 is 1.74 bits per heavy atom. The zero-order chi connectivity index (χ0) is 21.0. The molecule has 2 aromatic rings. The Morgan fingerprint density at radius 3 is 2.55 bits per heavy atom. The summed E-state index contributed by atoms with van der Waals surface area (Å²) in [6, 6.07) is 8.53. The fourth-order valence-electron chi connectivity index (χ4n) is 4.84. The van der Waals surface area contributed by atoms with Crippen molar-refractivity contribution in [2.24, 2.45) is 0 Å². The lowest BCUT2D eigenvalue weighted by atomic mass is 9.93. The number of rotatable bonds is 5. The highest BCUT2D eigenvalue weighted by atomic mass is 16.5. The van der Waals surface area contributed by atoms with Crippen LogP contribution < -0.4 is 14.5 Å². The highest BCUT2D eigenvalue weighted by molar-refractivity contribution is 5.47. The van der Waals surface area contributed by atoms with Gasteiger partial charge < -0.3 is 24.4 Å². The van der Waals surface area contributed by atoms with Crippen LogP contribution in [-0.2, 0) is 11.2 Å². The molecule has 31 heavy (non-hydrogen) atoms. The molecule has 3 heterocycles. The maximum Gasteiger partial charge on any atom is 0.323 e. The third-order valence-electron chi connectivity index (χ3n) is 6.55. The van der Waals surface area contributed by atoms with E-state index in [4.69, 9.17) is 19.4 Å². The first kappa shape index (κ1) is 20.5. The van der Waals surface area contributed by atoms with E-state index in [0.717, 1.165) is 44.5 Å². The molecule has 1 saturated heterocycles. The predicted molar refractivity (Wildman–Crippen MR) is 118 cm³/mol. The standard InChI is InChI=1S/C23H31N5O3/c29-16-20-19-9-5-4-6-17(19)10-11-28(20)22-24-21(27-12-14-30-15-13-27)25-23(26-22)31-18-7-2-1-3-8-18/h4-6,9,18,20,29H,1-3,7-8,10-16H2. The van der Waals surface area contributed by atoms with E-state index in [0.29, 0.717) is 31.1 Å². The lowest BCUT2D eigenvalue weighted by Gasteiger charge is -2.37. The molecule has 1 atom stereocenters. The molecule has 0 amide bonds. The van der Waals surface area contributed by atoms with Gasteiger partial charge in [0.2, 0.25) is 11.9 Å². The van der Waals surface area contributed by atoms with Crippen molar-refractivity contribution in [2.75, 3.05) is 49.3 Å². The minimum atomic E-state index is -0.174. The van der Waals surface area contributed by atoms with Crippen molar-refractivity contribution in [1.29, 1.82) is 0 Å². The van der Waals surface area contributed by atoms with Crippen LogP contribution in [0.3, 0.4) is 0 Å². The van der Waals surface area contributed by atoms with Crippen molar-refractivity contribution in [3.63, 3.8) is 0 Å². The topological polar surface area (TPSA) is 83.8 Å². The molecule has 5 rings (SSSR count). The number of hydrogen-bond donors (Lipinski definition) is 1. The van der Waals surface area contributed by atoms with Gasteiger partial charge in [0.05, 0.1) is 25.9 Å². The van der Waals surface area contributed by atoms with Crippen LogP contribution in [-0.4, -0.2) is 65.6 Å². The minimum Gasteiger partial charge on any atom is -0.460 e. The molecule has 8 nitrogen and oxygen atoms in total. The van der Waals surface area contributed by atoms with Crippen molar-refractivity contribution in [3.8, 4) is 6.01 Å². The van der Waals surface area contributed by atoms with Gasteiger partial charge in [-0.3, -0.25) is 0 Å². The Balaban J connectivity index is 1.48. The molecule has 2 aliphatic heterocycles. The summed E-state index contributed by atoms with van der Waals surface area (Å²) < 4.78 is 11.8. The van der Waals surface area contributed by atoms with Gasteiger partial charge in [-0.25, -0.2) is 0 Å². The lowest BCUT2D eigenvalue weighted by molar-refractivity contribution is 0.121. The minimum absolute atomic E-state index is 0.00833. The summed E-state index contributed by atoms with van der Waals surface area (Å²) in [5.41, 5.74) is 2.42. The maximum absolute atomic E-state index is 10.2. The summed E-state index contributed by atoms with van der Waals surface area (Å²) in [5, 5.41) is 10.2. The molecule has 0 spiro atoms. The van der Waals surface area contributed by atoms with Crippen LogP contribution in [0.4, 0.5) is 11.9 Å². The number of benzene rings is 1. The molecule has 1 aromatic carbocycles. The molecule has 1 saturated carbocycles. The van der Waals surface area contributed by atoms with Crippen molar-refractivity contribution >= 4 is 11.9 Å². The number of aliphatic hydroxyl groups is 1. The number of anilines is 2. The van der Waals surface area contributed by atoms with Crippen LogP contribution in [0, 0.1) is 0 Å². The van der Waals surface area contributed by atoms with E-state index in [1.165, 1.54) is 24.8 Å². The smallest absolute Gasteiger partial charge is 0.323 e. The summed E-state index contributed by atoms with van der Waals surface area (Å²) in [5.74, 6) is 1.21. The van der Waals surface area contributed by atoms with Crippen LogP contribution in [0.5, 0.6) is 6.01 Å². The molecule has 1 aromatic heterocycles. The van der Waals surface area contributed by atoms with Crippen molar-refractivity contribution in [3.05, 3.63) is 35.4 Å². The Labute approximate surface area is 183 Å². The predicted octanol–water partition coefficient (Wildman–Crippen LogP) is 2.52. The highest BCUT2D eigenvalue weighted by Crippen LogP contribution is 2.33. The summed E-state index contributed by atoms with van der Waals surface area (Å²) >= 11 is 0. The van der Waals surface area contributed by atoms with Crippen molar-refractivity contribution in [2.45, 2.75) is 50.7 Å². The van der Waals surface area contributed by atoms with E-state index in [2.05, 4.69) is 33.0 Å². The molecule has 0 radical (unpaired) electrons. The third kappa shape index (κ3) is 4.45. The number of aliphatic hydroxyl groups excluding tert-OH is 1. The average molecular weight is 426 g/mol. The van der Waals surface area contributed by atoms with Gasteiger partial charge >= 0.3 is 6.01 Å². The zero-order valence-electron chi connectivity index (χ0n) is 17.9. The summed E-state index contributed by atoms with van der Waals surface area (Å²) in [7, 11) is 0. The van der Waals surface area contributed by atoms with Crippen LogP contribution in [0.25, 0.3) is 0 Å². The van der Waals surface area contributed by atoms with E-state index in [-0.39, 0.29) is 18.8 Å². The molecule has 166 valence electrons. The molecule has 1 N–H and O–H groups in total. The molecule has 1 aliphatic carbocycles. The summed E-state index contributed by atoms with van der Waals surface area (Å²) in [6.07, 6.45) is 6.80. The molecule has 3 aliphatic rings. The monoisotopic (exact) mass is 425 g/mol. The molecule has 8 heteroatoms. The normalized spacial score (nSPS) is 22.3. The SMILES string of the molecule is OCC1c2ccccc2CCN1c1nc(OC2CCCCC2)nc(N2CCOCC2)n1. The fourth-order valence-corrected chi connectivity index (χ4v) is 4.84. The highest BCUT2D eigenvalue weighted by Gasteiger charge is 2.30. The number of fused-ring (bicyclic) bond motifs is 1. The number of hydrogen-bond acceptors (Lipinski definition) is 8. The van der Waals surface area contributed by atoms with E-state index in [9.17, 15) is 5.11 Å². The van der Waals surface area contributed by atoms with Crippen LogP contribution in [0.2, 0.25) is 0 Å². The van der Waals surface area contributed by atoms with Gasteiger partial charge in [0.15, 0.2) is 0 Å².